The van der Waals surface area contributed by atoms with Crippen LogP contribution in [0.15, 0.2) is 30.3 Å². The van der Waals surface area contributed by atoms with E-state index in [1.807, 2.05) is 19.9 Å². The summed E-state index contributed by atoms with van der Waals surface area (Å²) in [7, 11) is 0. The Morgan fingerprint density at radius 1 is 1.11 bits per heavy atom. The summed E-state index contributed by atoms with van der Waals surface area (Å²) in [5.74, 6) is 1.71. The third-order valence-corrected chi connectivity index (χ3v) is 3.26. The number of hydrogen-bond acceptors (Lipinski definition) is 3. The molecule has 0 aliphatic carbocycles. The number of nitrogens with one attached hydrogen (secondary N) is 1. The van der Waals surface area contributed by atoms with Gasteiger partial charge in [-0.25, -0.2) is 9.97 Å². The molecule has 1 unspecified atom stereocenters. The number of aromatic nitrogens is 2. The Morgan fingerprint density at radius 2 is 1.84 bits per heavy atom. The van der Waals surface area contributed by atoms with Gasteiger partial charge in [-0.15, -0.1) is 0 Å². The summed E-state index contributed by atoms with van der Waals surface area (Å²) in [6.07, 6.45) is 1.02. The number of rotatable bonds is 4. The maximum Gasteiger partial charge on any atom is 0.130 e. The van der Waals surface area contributed by atoms with Gasteiger partial charge in [-0.2, -0.15) is 0 Å². The van der Waals surface area contributed by atoms with Gasteiger partial charge < -0.3 is 5.32 Å². The predicted molar refractivity (Wildman–Crippen MR) is 79.3 cm³/mol. The second kappa shape index (κ2) is 5.83. The summed E-state index contributed by atoms with van der Waals surface area (Å²) >= 11 is 0. The van der Waals surface area contributed by atoms with Gasteiger partial charge in [0.1, 0.15) is 11.6 Å². The molecule has 3 nitrogen and oxygen atoms in total. The van der Waals surface area contributed by atoms with Crippen LogP contribution in [0.2, 0.25) is 0 Å². The molecule has 0 amide bonds. The lowest BCUT2D eigenvalue weighted by atomic mass is 9.99. The van der Waals surface area contributed by atoms with Crippen LogP contribution in [0.25, 0.3) is 0 Å². The number of benzene rings is 1. The Balaban J connectivity index is 2.26. The molecule has 100 valence electrons. The van der Waals surface area contributed by atoms with Crippen LogP contribution < -0.4 is 5.32 Å². The van der Waals surface area contributed by atoms with Crippen LogP contribution in [0.4, 0.5) is 5.82 Å². The first kappa shape index (κ1) is 13.5. The summed E-state index contributed by atoms with van der Waals surface area (Å²) in [4.78, 5) is 8.76. The molecule has 1 atom stereocenters. The van der Waals surface area contributed by atoms with Crippen LogP contribution in [0.3, 0.4) is 0 Å². The number of anilines is 1. The topological polar surface area (TPSA) is 37.8 Å². The quantitative estimate of drug-likeness (QED) is 0.898. The average Bonchev–Trinajstić information content (AvgIpc) is 2.36. The normalized spacial score (nSPS) is 12.2. The van der Waals surface area contributed by atoms with Crippen LogP contribution in [0.1, 0.15) is 42.0 Å². The van der Waals surface area contributed by atoms with E-state index in [2.05, 4.69) is 53.4 Å². The highest BCUT2D eigenvalue weighted by Gasteiger charge is 2.12. The van der Waals surface area contributed by atoms with E-state index >= 15 is 0 Å². The van der Waals surface area contributed by atoms with Crippen molar-refractivity contribution in [1.29, 1.82) is 0 Å². The molecule has 0 fully saturated rings. The predicted octanol–water partition coefficient (Wildman–Crippen LogP) is 3.97. The zero-order valence-electron chi connectivity index (χ0n) is 12.1. The fraction of sp³-hybridized carbons (Fsp3) is 0.375. The van der Waals surface area contributed by atoms with Gasteiger partial charge in [0.05, 0.1) is 6.04 Å². The maximum atomic E-state index is 4.45. The van der Waals surface area contributed by atoms with E-state index in [1.54, 1.807) is 0 Å². The first-order chi connectivity index (χ1) is 9.10. The first-order valence-corrected chi connectivity index (χ1v) is 6.74. The largest absolute Gasteiger partial charge is 0.363 e. The SMILES string of the molecule is CCC(Nc1cc(C)nc(C)n1)c1ccccc1C. The number of aryl methyl sites for hydroxylation is 3. The fourth-order valence-electron chi connectivity index (χ4n) is 2.35. The molecular weight excluding hydrogens is 234 g/mol. The summed E-state index contributed by atoms with van der Waals surface area (Å²) in [5.41, 5.74) is 3.64. The smallest absolute Gasteiger partial charge is 0.130 e. The molecule has 0 aliphatic heterocycles. The van der Waals surface area contributed by atoms with Gasteiger partial charge in [0.15, 0.2) is 0 Å². The maximum absolute atomic E-state index is 4.45. The Morgan fingerprint density at radius 3 is 2.47 bits per heavy atom. The molecule has 0 saturated carbocycles. The Hall–Kier alpha value is -1.90. The second-order valence-corrected chi connectivity index (χ2v) is 4.90. The zero-order chi connectivity index (χ0) is 13.8. The molecule has 1 aromatic carbocycles. The van der Waals surface area contributed by atoms with Gasteiger partial charge in [0, 0.05) is 11.8 Å². The van der Waals surface area contributed by atoms with Crippen molar-refractivity contribution < 1.29 is 0 Å². The zero-order valence-corrected chi connectivity index (χ0v) is 12.1. The van der Waals surface area contributed by atoms with Crippen molar-refractivity contribution in [3.63, 3.8) is 0 Å². The van der Waals surface area contributed by atoms with Gasteiger partial charge in [-0.3, -0.25) is 0 Å². The van der Waals surface area contributed by atoms with Crippen molar-refractivity contribution in [3.05, 3.63) is 53.0 Å². The molecule has 1 aromatic heterocycles. The molecule has 0 radical (unpaired) electrons. The van der Waals surface area contributed by atoms with Crippen LogP contribution in [-0.4, -0.2) is 9.97 Å². The Kier molecular flexibility index (Phi) is 4.15. The van der Waals surface area contributed by atoms with Crippen molar-refractivity contribution in [2.24, 2.45) is 0 Å². The minimum atomic E-state index is 0.287. The number of nitrogens with zero attached hydrogens (tertiary/aromatic N) is 2. The highest BCUT2D eigenvalue weighted by atomic mass is 15.0. The van der Waals surface area contributed by atoms with Crippen molar-refractivity contribution in [2.45, 2.75) is 40.2 Å². The third-order valence-electron chi connectivity index (χ3n) is 3.26. The lowest BCUT2D eigenvalue weighted by Gasteiger charge is -2.20. The van der Waals surface area contributed by atoms with E-state index in [4.69, 9.17) is 0 Å². The van der Waals surface area contributed by atoms with Crippen LogP contribution in [0.5, 0.6) is 0 Å². The molecule has 0 spiro atoms. The van der Waals surface area contributed by atoms with E-state index < -0.39 is 0 Å². The molecule has 2 aromatic rings. The van der Waals surface area contributed by atoms with Gasteiger partial charge in [0.25, 0.3) is 0 Å². The van der Waals surface area contributed by atoms with Crippen molar-refractivity contribution in [3.8, 4) is 0 Å². The van der Waals surface area contributed by atoms with Gasteiger partial charge in [0.2, 0.25) is 0 Å². The van der Waals surface area contributed by atoms with E-state index in [0.29, 0.717) is 0 Å². The molecule has 0 bridgehead atoms. The standard InChI is InChI=1S/C16H21N3/c1-5-15(14-9-7-6-8-11(14)2)19-16-10-12(3)17-13(4)18-16/h6-10,15H,5H2,1-4H3,(H,17,18,19). The van der Waals surface area contributed by atoms with E-state index in [9.17, 15) is 0 Å². The van der Waals surface area contributed by atoms with Crippen molar-refractivity contribution in [1.82, 2.24) is 9.97 Å². The molecule has 3 heteroatoms. The Labute approximate surface area is 115 Å². The van der Waals surface area contributed by atoms with E-state index in [1.165, 1.54) is 11.1 Å². The second-order valence-electron chi connectivity index (χ2n) is 4.90. The van der Waals surface area contributed by atoms with Gasteiger partial charge >= 0.3 is 0 Å². The van der Waals surface area contributed by atoms with E-state index in [-0.39, 0.29) is 6.04 Å². The average molecular weight is 255 g/mol. The minimum absolute atomic E-state index is 0.287. The van der Waals surface area contributed by atoms with Crippen LogP contribution in [-0.2, 0) is 0 Å². The first-order valence-electron chi connectivity index (χ1n) is 6.74. The number of hydrogen-bond donors (Lipinski definition) is 1. The molecule has 2 rings (SSSR count). The lowest BCUT2D eigenvalue weighted by molar-refractivity contribution is 0.736. The highest BCUT2D eigenvalue weighted by Crippen LogP contribution is 2.24. The monoisotopic (exact) mass is 255 g/mol. The van der Waals surface area contributed by atoms with Crippen molar-refractivity contribution in [2.75, 3.05) is 5.32 Å². The van der Waals surface area contributed by atoms with Gasteiger partial charge in [-0.05, 0) is 38.3 Å². The van der Waals surface area contributed by atoms with Gasteiger partial charge in [-0.1, -0.05) is 31.2 Å². The molecule has 0 saturated heterocycles. The lowest BCUT2D eigenvalue weighted by Crippen LogP contribution is -2.13. The fourth-order valence-corrected chi connectivity index (χ4v) is 2.35. The van der Waals surface area contributed by atoms with Crippen LogP contribution >= 0.6 is 0 Å². The minimum Gasteiger partial charge on any atom is -0.363 e. The molecule has 1 N–H and O–H groups in total. The molecular formula is C16H21N3. The van der Waals surface area contributed by atoms with Crippen molar-refractivity contribution >= 4 is 5.82 Å². The highest BCUT2D eigenvalue weighted by molar-refractivity contribution is 5.41. The molecule has 0 aliphatic rings. The third kappa shape index (κ3) is 3.31. The molecule has 1 heterocycles. The molecule has 19 heavy (non-hydrogen) atoms. The Bertz CT molecular complexity index is 543. The summed E-state index contributed by atoms with van der Waals surface area (Å²) < 4.78 is 0. The van der Waals surface area contributed by atoms with Crippen LogP contribution in [0, 0.1) is 20.8 Å². The summed E-state index contributed by atoms with van der Waals surface area (Å²) in [6, 6.07) is 10.8. The van der Waals surface area contributed by atoms with E-state index in [0.717, 1.165) is 23.8 Å². The summed E-state index contributed by atoms with van der Waals surface area (Å²) in [6.45, 7) is 8.25. The summed E-state index contributed by atoms with van der Waals surface area (Å²) in [5, 5.41) is 3.52.